The number of hydrogen-bond donors (Lipinski definition) is 2. The summed E-state index contributed by atoms with van der Waals surface area (Å²) >= 11 is 1.42. The number of rotatable bonds is 3. The normalized spacial score (nSPS) is 18.5. The topological polar surface area (TPSA) is 61.3 Å². The van der Waals surface area contributed by atoms with Crippen LogP contribution in [0.2, 0.25) is 0 Å². The molecule has 3 heterocycles. The number of likely N-dealkylation sites (N-methyl/N-ethyl adjacent to an activating group) is 1. The number of aromatic hydroxyl groups is 1. The number of phenols is 1. The second kappa shape index (κ2) is 7.21. The van der Waals surface area contributed by atoms with Crippen molar-refractivity contribution in [3.05, 3.63) is 35.2 Å². The zero-order chi connectivity index (χ0) is 19.9. The molecule has 5 nitrogen and oxygen atoms in total. The Balaban J connectivity index is 1.70. The van der Waals surface area contributed by atoms with Crippen LogP contribution in [0, 0.1) is 0 Å². The van der Waals surface area contributed by atoms with Crippen molar-refractivity contribution < 1.29 is 18.3 Å². The molecule has 4 rings (SSSR count). The highest BCUT2D eigenvalue weighted by Gasteiger charge is 2.31. The average molecular weight is 408 g/mol. The van der Waals surface area contributed by atoms with E-state index in [-0.39, 0.29) is 11.6 Å². The first kappa shape index (κ1) is 18.9. The van der Waals surface area contributed by atoms with Gasteiger partial charge in [-0.3, -0.25) is 0 Å². The smallest absolute Gasteiger partial charge is 0.416 e. The summed E-state index contributed by atoms with van der Waals surface area (Å²) in [6, 6.07) is 5.08. The highest BCUT2D eigenvalue weighted by Crippen LogP contribution is 2.40. The van der Waals surface area contributed by atoms with Crippen molar-refractivity contribution >= 4 is 27.2 Å². The SMILES string of the molecule is CN1CCCC(Nc2nnc(-c3ccc(C(F)(F)F)cc3O)c3sccc23)C1. The van der Waals surface area contributed by atoms with Gasteiger partial charge in [-0.25, -0.2) is 0 Å². The standard InChI is InChI=1S/C19H19F3N4OS/c1-26-7-2-3-12(10-26)23-18-14-6-8-28-17(14)16(24-25-18)13-5-4-11(9-15(13)27)19(20,21)22/h4-6,8-9,12,27H,2-3,7,10H2,1H3,(H,23,25). The minimum Gasteiger partial charge on any atom is -0.507 e. The molecule has 2 N–H and O–H groups in total. The Kier molecular flexibility index (Phi) is 4.88. The second-order valence-electron chi connectivity index (χ2n) is 7.04. The first-order valence-electron chi connectivity index (χ1n) is 8.92. The molecular formula is C19H19F3N4OS. The number of nitrogens with one attached hydrogen (secondary N) is 1. The predicted octanol–water partition coefficient (Wildman–Crippen LogP) is 4.59. The van der Waals surface area contributed by atoms with Gasteiger partial charge in [0.15, 0.2) is 5.82 Å². The van der Waals surface area contributed by atoms with Crippen LogP contribution in [-0.4, -0.2) is 46.4 Å². The van der Waals surface area contributed by atoms with Crippen LogP contribution in [0.15, 0.2) is 29.6 Å². The molecule has 0 saturated carbocycles. The zero-order valence-corrected chi connectivity index (χ0v) is 15.9. The molecule has 0 bridgehead atoms. The van der Waals surface area contributed by atoms with Gasteiger partial charge in [-0.2, -0.15) is 13.2 Å². The third-order valence-corrected chi connectivity index (χ3v) is 5.85. The molecule has 1 aliphatic heterocycles. The van der Waals surface area contributed by atoms with E-state index in [1.54, 1.807) is 0 Å². The fraction of sp³-hybridized carbons (Fsp3) is 0.368. The van der Waals surface area contributed by atoms with Crippen molar-refractivity contribution in [2.24, 2.45) is 0 Å². The van der Waals surface area contributed by atoms with E-state index in [0.717, 1.165) is 48.2 Å². The maximum atomic E-state index is 12.9. The van der Waals surface area contributed by atoms with Gasteiger partial charge in [-0.1, -0.05) is 0 Å². The predicted molar refractivity (Wildman–Crippen MR) is 104 cm³/mol. The average Bonchev–Trinajstić information content (AvgIpc) is 3.12. The number of thiophene rings is 1. The number of phenolic OH excluding ortho intramolecular Hbond substituents is 1. The molecule has 1 unspecified atom stereocenters. The summed E-state index contributed by atoms with van der Waals surface area (Å²) in [5.74, 6) is 0.195. The van der Waals surface area contributed by atoms with Crippen molar-refractivity contribution in [3.63, 3.8) is 0 Å². The van der Waals surface area contributed by atoms with Crippen LogP contribution < -0.4 is 5.32 Å². The van der Waals surface area contributed by atoms with Gasteiger partial charge in [-0.15, -0.1) is 21.5 Å². The number of fused-ring (bicyclic) bond motifs is 1. The first-order valence-corrected chi connectivity index (χ1v) is 9.80. The van der Waals surface area contributed by atoms with Gasteiger partial charge in [0, 0.05) is 23.5 Å². The monoisotopic (exact) mass is 408 g/mol. The molecule has 148 valence electrons. The van der Waals surface area contributed by atoms with Crippen molar-refractivity contribution in [1.29, 1.82) is 0 Å². The van der Waals surface area contributed by atoms with E-state index in [1.165, 1.54) is 17.4 Å². The summed E-state index contributed by atoms with van der Waals surface area (Å²) in [5.41, 5.74) is -0.289. The summed E-state index contributed by atoms with van der Waals surface area (Å²) in [6.07, 6.45) is -2.37. The molecule has 0 amide bonds. The number of benzene rings is 1. The highest BCUT2D eigenvalue weighted by atomic mass is 32.1. The van der Waals surface area contributed by atoms with Gasteiger partial charge >= 0.3 is 6.18 Å². The number of piperidine rings is 1. The van der Waals surface area contributed by atoms with Crippen LogP contribution >= 0.6 is 11.3 Å². The van der Waals surface area contributed by atoms with Gasteiger partial charge in [0.2, 0.25) is 0 Å². The number of anilines is 1. The fourth-order valence-electron chi connectivity index (χ4n) is 3.55. The van der Waals surface area contributed by atoms with Crippen molar-refractivity contribution in [2.45, 2.75) is 25.1 Å². The van der Waals surface area contributed by atoms with Crippen LogP contribution in [-0.2, 0) is 6.18 Å². The van der Waals surface area contributed by atoms with Gasteiger partial charge in [0.05, 0.1) is 10.3 Å². The van der Waals surface area contributed by atoms with E-state index in [9.17, 15) is 18.3 Å². The number of alkyl halides is 3. The van der Waals surface area contributed by atoms with Crippen molar-refractivity contribution in [1.82, 2.24) is 15.1 Å². The quantitative estimate of drug-likeness (QED) is 0.664. The Bertz CT molecular complexity index is 1000. The highest BCUT2D eigenvalue weighted by molar-refractivity contribution is 7.17. The molecule has 3 aromatic rings. The van der Waals surface area contributed by atoms with E-state index < -0.39 is 17.5 Å². The lowest BCUT2D eigenvalue weighted by Crippen LogP contribution is -2.39. The van der Waals surface area contributed by atoms with Crippen LogP contribution in [0.25, 0.3) is 21.3 Å². The van der Waals surface area contributed by atoms with E-state index in [0.29, 0.717) is 11.5 Å². The molecular weight excluding hydrogens is 389 g/mol. The number of likely N-dealkylation sites (tertiary alicyclic amines) is 1. The lowest BCUT2D eigenvalue weighted by Gasteiger charge is -2.30. The largest absolute Gasteiger partial charge is 0.507 e. The van der Waals surface area contributed by atoms with Gasteiger partial charge in [0.1, 0.15) is 11.4 Å². The molecule has 2 aromatic heterocycles. The molecule has 28 heavy (non-hydrogen) atoms. The number of nitrogens with zero attached hydrogens (tertiary/aromatic N) is 3. The number of aromatic nitrogens is 2. The maximum absolute atomic E-state index is 12.9. The number of halogens is 3. The Morgan fingerprint density at radius 3 is 2.79 bits per heavy atom. The van der Waals surface area contributed by atoms with Crippen LogP contribution in [0.5, 0.6) is 5.75 Å². The summed E-state index contributed by atoms with van der Waals surface area (Å²) in [7, 11) is 2.08. The molecule has 0 radical (unpaired) electrons. The number of hydrogen-bond acceptors (Lipinski definition) is 6. The molecule has 1 aromatic carbocycles. The lowest BCUT2D eigenvalue weighted by molar-refractivity contribution is -0.137. The third kappa shape index (κ3) is 3.64. The lowest BCUT2D eigenvalue weighted by atomic mass is 10.1. The van der Waals surface area contributed by atoms with Gasteiger partial charge < -0.3 is 15.3 Å². The van der Waals surface area contributed by atoms with Crippen molar-refractivity contribution in [2.75, 3.05) is 25.5 Å². The van der Waals surface area contributed by atoms with E-state index in [4.69, 9.17) is 0 Å². The van der Waals surface area contributed by atoms with Crippen LogP contribution in [0.3, 0.4) is 0 Å². The van der Waals surface area contributed by atoms with E-state index >= 15 is 0 Å². The van der Waals surface area contributed by atoms with Crippen molar-refractivity contribution in [3.8, 4) is 17.0 Å². The van der Waals surface area contributed by atoms with E-state index in [2.05, 4.69) is 27.5 Å². The Hall–Kier alpha value is -2.39. The van der Waals surface area contributed by atoms with E-state index in [1.807, 2.05) is 11.4 Å². The molecule has 9 heteroatoms. The molecule has 0 aliphatic carbocycles. The van der Waals surface area contributed by atoms with Crippen LogP contribution in [0.4, 0.5) is 19.0 Å². The molecule has 0 spiro atoms. The molecule has 1 fully saturated rings. The minimum atomic E-state index is -4.51. The summed E-state index contributed by atoms with van der Waals surface area (Å²) in [5, 5.41) is 24.9. The minimum absolute atomic E-state index is 0.233. The van der Waals surface area contributed by atoms with Gasteiger partial charge in [0.25, 0.3) is 0 Å². The molecule has 1 saturated heterocycles. The maximum Gasteiger partial charge on any atom is 0.416 e. The Morgan fingerprint density at radius 1 is 1.25 bits per heavy atom. The molecule has 1 aliphatic rings. The summed E-state index contributed by atoms with van der Waals surface area (Å²) in [6.45, 7) is 1.98. The Labute approximate surface area is 163 Å². The van der Waals surface area contributed by atoms with Gasteiger partial charge in [-0.05, 0) is 56.1 Å². The molecule has 1 atom stereocenters. The zero-order valence-electron chi connectivity index (χ0n) is 15.1. The summed E-state index contributed by atoms with van der Waals surface area (Å²) < 4.78 is 39.4. The third-order valence-electron chi connectivity index (χ3n) is 4.93. The fourth-order valence-corrected chi connectivity index (χ4v) is 4.44. The first-order chi connectivity index (χ1) is 13.3. The second-order valence-corrected chi connectivity index (χ2v) is 7.95. The van der Waals surface area contributed by atoms with Crippen LogP contribution in [0.1, 0.15) is 18.4 Å². The Morgan fingerprint density at radius 2 is 2.07 bits per heavy atom. The summed E-state index contributed by atoms with van der Waals surface area (Å²) in [4.78, 5) is 2.26.